The highest BCUT2D eigenvalue weighted by atomic mass is 16.5. The van der Waals surface area contributed by atoms with Gasteiger partial charge >= 0.3 is 0 Å². The molecule has 1 aromatic carbocycles. The Morgan fingerprint density at radius 3 is 2.87 bits per heavy atom. The van der Waals surface area contributed by atoms with Crippen LogP contribution in [0, 0.1) is 12.8 Å². The summed E-state index contributed by atoms with van der Waals surface area (Å²) in [6.45, 7) is 3.66. The number of nitrogens with two attached hydrogens (primary N) is 1. The monoisotopic (exact) mass is 205 g/mol. The molecule has 1 aromatic rings. The van der Waals surface area contributed by atoms with Crippen LogP contribution in [0.5, 0.6) is 5.75 Å². The number of hydrogen-bond donors (Lipinski definition) is 1. The van der Waals surface area contributed by atoms with Crippen LogP contribution in [-0.4, -0.2) is 13.2 Å². The highest BCUT2D eigenvalue weighted by Crippen LogP contribution is 2.30. The van der Waals surface area contributed by atoms with Gasteiger partial charge in [-0.1, -0.05) is 17.7 Å². The Morgan fingerprint density at radius 1 is 1.40 bits per heavy atom. The molecule has 1 aliphatic carbocycles. The van der Waals surface area contributed by atoms with Crippen LogP contribution >= 0.6 is 0 Å². The molecule has 2 heteroatoms. The van der Waals surface area contributed by atoms with E-state index in [1.165, 1.54) is 24.0 Å². The summed E-state index contributed by atoms with van der Waals surface area (Å²) < 4.78 is 5.81. The van der Waals surface area contributed by atoms with Crippen LogP contribution < -0.4 is 10.5 Å². The quantitative estimate of drug-likeness (QED) is 0.800. The summed E-state index contributed by atoms with van der Waals surface area (Å²) in [5.41, 5.74) is 8.12. The summed E-state index contributed by atoms with van der Waals surface area (Å²) in [6.07, 6.45) is 3.57. The second-order valence-electron chi connectivity index (χ2n) is 4.40. The van der Waals surface area contributed by atoms with Gasteiger partial charge in [0.2, 0.25) is 0 Å². The van der Waals surface area contributed by atoms with E-state index in [0.29, 0.717) is 6.54 Å². The van der Waals surface area contributed by atoms with E-state index < -0.39 is 0 Å². The molecule has 15 heavy (non-hydrogen) atoms. The van der Waals surface area contributed by atoms with E-state index in [2.05, 4.69) is 25.1 Å². The molecule has 0 aliphatic heterocycles. The number of rotatable bonds is 5. The lowest BCUT2D eigenvalue weighted by molar-refractivity contribution is 0.297. The third kappa shape index (κ3) is 2.96. The van der Waals surface area contributed by atoms with Crippen LogP contribution in [0.4, 0.5) is 0 Å². The number of aryl methyl sites for hydroxylation is 1. The molecule has 0 amide bonds. The predicted octanol–water partition coefficient (Wildman–Crippen LogP) is 2.29. The van der Waals surface area contributed by atoms with Crippen molar-refractivity contribution >= 4 is 0 Å². The van der Waals surface area contributed by atoms with E-state index >= 15 is 0 Å². The molecule has 82 valence electrons. The first-order chi connectivity index (χ1) is 7.29. The van der Waals surface area contributed by atoms with E-state index in [1.54, 1.807) is 0 Å². The molecule has 0 heterocycles. The predicted molar refractivity (Wildman–Crippen MR) is 62.2 cm³/mol. The minimum atomic E-state index is 0.684. The average molecular weight is 205 g/mol. The minimum Gasteiger partial charge on any atom is -0.493 e. The first-order valence-electron chi connectivity index (χ1n) is 5.72. The van der Waals surface area contributed by atoms with Crippen molar-refractivity contribution in [3.63, 3.8) is 0 Å². The van der Waals surface area contributed by atoms with E-state index in [-0.39, 0.29) is 0 Å². The molecule has 0 radical (unpaired) electrons. The van der Waals surface area contributed by atoms with Gasteiger partial charge in [0.1, 0.15) is 5.75 Å². The van der Waals surface area contributed by atoms with Crippen molar-refractivity contribution in [2.45, 2.75) is 26.2 Å². The van der Waals surface area contributed by atoms with Crippen LogP contribution in [0.25, 0.3) is 0 Å². The SMILES string of the molecule is Cc1ccc(OCC2CC2)c(CCN)c1. The molecule has 0 atom stereocenters. The molecule has 0 saturated heterocycles. The molecule has 1 fully saturated rings. The Labute approximate surface area is 91.4 Å². The average Bonchev–Trinajstić information content (AvgIpc) is 3.01. The highest BCUT2D eigenvalue weighted by molar-refractivity contribution is 5.37. The molecular formula is C13H19NO. The molecule has 0 unspecified atom stereocenters. The van der Waals surface area contributed by atoms with Crippen molar-refractivity contribution in [1.29, 1.82) is 0 Å². The lowest BCUT2D eigenvalue weighted by Gasteiger charge is -2.11. The topological polar surface area (TPSA) is 35.2 Å². The first-order valence-corrected chi connectivity index (χ1v) is 5.72. The highest BCUT2D eigenvalue weighted by Gasteiger charge is 2.22. The second-order valence-corrected chi connectivity index (χ2v) is 4.40. The number of ether oxygens (including phenoxy) is 1. The summed E-state index contributed by atoms with van der Waals surface area (Å²) in [5.74, 6) is 1.83. The minimum absolute atomic E-state index is 0.684. The van der Waals surface area contributed by atoms with Crippen LogP contribution in [0.1, 0.15) is 24.0 Å². The Balaban J connectivity index is 2.04. The van der Waals surface area contributed by atoms with Crippen molar-refractivity contribution in [3.8, 4) is 5.75 Å². The molecule has 2 N–H and O–H groups in total. The van der Waals surface area contributed by atoms with Gasteiger partial charge in [0, 0.05) is 0 Å². The van der Waals surface area contributed by atoms with E-state index in [0.717, 1.165) is 24.7 Å². The Morgan fingerprint density at radius 2 is 2.20 bits per heavy atom. The summed E-state index contributed by atoms with van der Waals surface area (Å²) in [4.78, 5) is 0. The van der Waals surface area contributed by atoms with E-state index in [4.69, 9.17) is 10.5 Å². The fourth-order valence-corrected chi connectivity index (χ4v) is 1.69. The van der Waals surface area contributed by atoms with Crippen molar-refractivity contribution in [3.05, 3.63) is 29.3 Å². The van der Waals surface area contributed by atoms with Crippen molar-refractivity contribution < 1.29 is 4.74 Å². The zero-order chi connectivity index (χ0) is 10.7. The van der Waals surface area contributed by atoms with E-state index in [1.807, 2.05) is 0 Å². The molecule has 0 spiro atoms. The summed E-state index contributed by atoms with van der Waals surface area (Å²) in [5, 5.41) is 0. The lowest BCUT2D eigenvalue weighted by atomic mass is 10.1. The maximum absolute atomic E-state index is 5.81. The van der Waals surface area contributed by atoms with Gasteiger partial charge in [0.05, 0.1) is 6.61 Å². The molecule has 0 bridgehead atoms. The van der Waals surface area contributed by atoms with Crippen molar-refractivity contribution in [1.82, 2.24) is 0 Å². The summed E-state index contributed by atoms with van der Waals surface area (Å²) in [7, 11) is 0. The zero-order valence-electron chi connectivity index (χ0n) is 9.33. The van der Waals surface area contributed by atoms with Crippen molar-refractivity contribution in [2.75, 3.05) is 13.2 Å². The van der Waals surface area contributed by atoms with Crippen LogP contribution in [0.3, 0.4) is 0 Å². The van der Waals surface area contributed by atoms with Gasteiger partial charge in [-0.05, 0) is 50.3 Å². The zero-order valence-corrected chi connectivity index (χ0v) is 9.33. The Bertz CT molecular complexity index is 331. The third-order valence-electron chi connectivity index (χ3n) is 2.80. The maximum Gasteiger partial charge on any atom is 0.122 e. The molecule has 2 nitrogen and oxygen atoms in total. The molecule has 0 aromatic heterocycles. The van der Waals surface area contributed by atoms with Crippen LogP contribution in [-0.2, 0) is 6.42 Å². The Hall–Kier alpha value is -1.02. The first kappa shape index (κ1) is 10.5. The fourth-order valence-electron chi connectivity index (χ4n) is 1.69. The summed E-state index contributed by atoms with van der Waals surface area (Å²) >= 11 is 0. The third-order valence-corrected chi connectivity index (χ3v) is 2.80. The van der Waals surface area contributed by atoms with Crippen LogP contribution in [0.15, 0.2) is 18.2 Å². The number of hydrogen-bond acceptors (Lipinski definition) is 2. The largest absolute Gasteiger partial charge is 0.493 e. The van der Waals surface area contributed by atoms with Crippen molar-refractivity contribution in [2.24, 2.45) is 11.7 Å². The van der Waals surface area contributed by atoms with Gasteiger partial charge in [-0.2, -0.15) is 0 Å². The number of benzene rings is 1. The molecule has 1 aliphatic rings. The second kappa shape index (κ2) is 4.67. The van der Waals surface area contributed by atoms with Gasteiger partial charge < -0.3 is 10.5 Å². The maximum atomic E-state index is 5.81. The normalized spacial score (nSPS) is 15.3. The fraction of sp³-hybridized carbons (Fsp3) is 0.538. The molecular weight excluding hydrogens is 186 g/mol. The standard InChI is InChI=1S/C13H19NO/c1-10-2-5-13(12(8-10)6-7-14)15-9-11-3-4-11/h2,5,8,11H,3-4,6-7,9,14H2,1H3. The van der Waals surface area contributed by atoms with Gasteiger partial charge in [-0.3, -0.25) is 0 Å². The molecule has 2 rings (SSSR count). The lowest BCUT2D eigenvalue weighted by Crippen LogP contribution is -2.07. The van der Waals surface area contributed by atoms with Crippen LogP contribution in [0.2, 0.25) is 0 Å². The van der Waals surface area contributed by atoms with Gasteiger partial charge in [-0.25, -0.2) is 0 Å². The van der Waals surface area contributed by atoms with Gasteiger partial charge in [0.25, 0.3) is 0 Å². The smallest absolute Gasteiger partial charge is 0.122 e. The van der Waals surface area contributed by atoms with Gasteiger partial charge in [0.15, 0.2) is 0 Å². The van der Waals surface area contributed by atoms with Gasteiger partial charge in [-0.15, -0.1) is 0 Å². The molecule has 1 saturated carbocycles. The Kier molecular flexibility index (Phi) is 3.27. The van der Waals surface area contributed by atoms with E-state index in [9.17, 15) is 0 Å². The summed E-state index contributed by atoms with van der Waals surface area (Å²) in [6, 6.07) is 6.35.